The van der Waals surface area contributed by atoms with Gasteiger partial charge in [-0.3, -0.25) is 0 Å². The monoisotopic (exact) mass is 820 g/mol. The van der Waals surface area contributed by atoms with E-state index in [1.807, 2.05) is 84.9 Å². The molecule has 0 fully saturated rings. The third-order valence-electron chi connectivity index (χ3n) is 8.03. The molecule has 2 nitrogen and oxygen atoms in total. The quantitative estimate of drug-likeness (QED) is 0.137. The normalized spacial score (nSPS) is 11.1. The summed E-state index contributed by atoms with van der Waals surface area (Å²) in [5.74, 6) is 0. The zero-order valence-electron chi connectivity index (χ0n) is 30.7. The minimum absolute atomic E-state index is 0. The SMILES string of the molecule is CC(C)(C)c1ccc(N)cc1.CC(C)(C)c1ccc(Nc2cc(-c3ccccc3)cc(Cl)c2Cl)cc1.Clc1cc(-c2ccccc2)cc(Br)c1Cl.[2H-]. The van der Waals surface area contributed by atoms with Gasteiger partial charge in [0.25, 0.3) is 0 Å². The van der Waals surface area contributed by atoms with Crippen LogP contribution in [0.2, 0.25) is 20.1 Å². The number of nitrogens with one attached hydrogen (secondary N) is 1. The molecule has 6 aromatic rings. The molecule has 51 heavy (non-hydrogen) atoms. The van der Waals surface area contributed by atoms with Crippen molar-refractivity contribution in [2.45, 2.75) is 52.4 Å². The van der Waals surface area contributed by atoms with Crippen LogP contribution in [-0.2, 0) is 10.8 Å². The van der Waals surface area contributed by atoms with Gasteiger partial charge in [0, 0.05) is 15.8 Å². The van der Waals surface area contributed by atoms with E-state index in [1.165, 1.54) is 11.1 Å². The molecular weight excluding hydrogens is 778 g/mol. The Bertz CT molecular complexity index is 2000. The van der Waals surface area contributed by atoms with E-state index in [1.54, 1.807) is 0 Å². The van der Waals surface area contributed by atoms with Gasteiger partial charge in [0.05, 0.1) is 25.8 Å². The molecule has 6 rings (SSSR count). The summed E-state index contributed by atoms with van der Waals surface area (Å²) in [4.78, 5) is 0. The molecule has 0 saturated carbocycles. The van der Waals surface area contributed by atoms with Crippen LogP contribution >= 0.6 is 62.3 Å². The molecule has 7 heteroatoms. The van der Waals surface area contributed by atoms with Gasteiger partial charge in [0.1, 0.15) is 0 Å². The highest BCUT2D eigenvalue weighted by Gasteiger charge is 2.14. The Kier molecular flexibility index (Phi) is 14.1. The summed E-state index contributed by atoms with van der Waals surface area (Å²) in [5, 5.41) is 5.57. The van der Waals surface area contributed by atoms with E-state index in [0.717, 1.165) is 43.8 Å². The Morgan fingerprint density at radius 2 is 0.922 bits per heavy atom. The average Bonchev–Trinajstić information content (AvgIpc) is 3.10. The number of halogens is 5. The van der Waals surface area contributed by atoms with Crippen molar-refractivity contribution < 1.29 is 1.43 Å². The molecule has 0 saturated heterocycles. The van der Waals surface area contributed by atoms with Gasteiger partial charge in [-0.1, -0.05) is 173 Å². The summed E-state index contributed by atoms with van der Waals surface area (Å²) < 4.78 is 0.815. The van der Waals surface area contributed by atoms with Gasteiger partial charge in [-0.05, 0) is 109 Å². The highest BCUT2D eigenvalue weighted by molar-refractivity contribution is 9.10. The highest BCUT2D eigenvalue weighted by atomic mass is 79.9. The minimum atomic E-state index is 0. The van der Waals surface area contributed by atoms with Crippen LogP contribution in [0.5, 0.6) is 0 Å². The van der Waals surface area contributed by atoms with Crippen LogP contribution in [-0.4, -0.2) is 0 Å². The fourth-order valence-corrected chi connectivity index (χ4v) is 6.30. The molecule has 0 atom stereocenters. The standard InChI is InChI=1S/C22H21Cl2N.C12H7BrCl2.C10H15N.H/c1-22(2,3)17-9-11-18(12-10-17)25-20-14-16(13-19(23)21(20)24)15-7-5-4-6-8-15;13-10-6-9(7-11(14)12(10)15)8-4-2-1-3-5-8;1-10(2,3)8-4-6-9(11)7-5-8;/h4-14,25H,1-3H3;1-7H;4-7H,11H2,1-3H3;/q;;;-1/i;;;1+1. The molecule has 0 radical (unpaired) electrons. The zero-order valence-corrected chi connectivity index (χ0v) is 34.3. The van der Waals surface area contributed by atoms with Crippen molar-refractivity contribution in [3.63, 3.8) is 0 Å². The predicted octanol–water partition coefficient (Wildman–Crippen LogP) is 15.8. The molecule has 0 amide bonds. The summed E-state index contributed by atoms with van der Waals surface area (Å²) in [6, 6.07) is 44.4. The van der Waals surface area contributed by atoms with Crippen LogP contribution in [0.25, 0.3) is 22.3 Å². The minimum Gasteiger partial charge on any atom is -1.00 e. The van der Waals surface area contributed by atoms with Crippen molar-refractivity contribution >= 4 is 79.4 Å². The maximum absolute atomic E-state index is 6.41. The van der Waals surface area contributed by atoms with E-state index in [-0.39, 0.29) is 12.3 Å². The number of hydrogen-bond acceptors (Lipinski definition) is 2. The molecule has 0 spiro atoms. The number of anilines is 3. The lowest BCUT2D eigenvalue weighted by molar-refractivity contribution is 0.590. The lowest BCUT2D eigenvalue weighted by Crippen LogP contribution is -2.10. The lowest BCUT2D eigenvalue weighted by Gasteiger charge is -2.19. The molecule has 6 aromatic carbocycles. The molecule has 266 valence electrons. The number of nitrogen functional groups attached to an aromatic ring is 1. The summed E-state index contributed by atoms with van der Waals surface area (Å²) in [5.41, 5.74) is 15.5. The molecule has 3 N–H and O–H groups in total. The van der Waals surface area contributed by atoms with Gasteiger partial charge in [0.2, 0.25) is 0 Å². The number of hydrogen-bond donors (Lipinski definition) is 2. The third kappa shape index (κ3) is 11.8. The fraction of sp³-hybridized carbons (Fsp3) is 0.182. The number of benzene rings is 6. The highest BCUT2D eigenvalue weighted by Crippen LogP contribution is 2.38. The van der Waals surface area contributed by atoms with Crippen LogP contribution in [0.15, 0.2) is 138 Å². The van der Waals surface area contributed by atoms with Crippen molar-refractivity contribution in [2.75, 3.05) is 11.1 Å². The number of nitrogens with two attached hydrogens (primary N) is 1. The second kappa shape index (κ2) is 17.9. The maximum atomic E-state index is 6.41. The van der Waals surface area contributed by atoms with Gasteiger partial charge < -0.3 is 12.5 Å². The molecule has 0 aliphatic carbocycles. The second-order valence-corrected chi connectivity index (χ2v) is 16.6. The third-order valence-corrected chi connectivity index (χ3v) is 10.5. The fourth-order valence-electron chi connectivity index (χ4n) is 5.02. The Balaban J connectivity index is 0.000000230. The van der Waals surface area contributed by atoms with Crippen molar-refractivity contribution in [1.29, 1.82) is 0 Å². The largest absolute Gasteiger partial charge is 1.00 e. The van der Waals surface area contributed by atoms with Gasteiger partial charge in [-0.15, -0.1) is 0 Å². The summed E-state index contributed by atoms with van der Waals surface area (Å²) in [6.07, 6.45) is 0. The van der Waals surface area contributed by atoms with Crippen LogP contribution in [0, 0.1) is 0 Å². The van der Waals surface area contributed by atoms with E-state index in [4.69, 9.17) is 52.1 Å². The van der Waals surface area contributed by atoms with Crippen molar-refractivity contribution in [3.05, 3.63) is 169 Å². The van der Waals surface area contributed by atoms with Crippen LogP contribution in [0.1, 0.15) is 54.1 Å². The van der Waals surface area contributed by atoms with E-state index in [9.17, 15) is 0 Å². The molecule has 0 unspecified atom stereocenters. The Morgan fingerprint density at radius 3 is 1.35 bits per heavy atom. The van der Waals surface area contributed by atoms with Crippen LogP contribution < -0.4 is 11.1 Å². The first-order chi connectivity index (χ1) is 24.0. The van der Waals surface area contributed by atoms with Gasteiger partial charge in [-0.25, -0.2) is 0 Å². The molecule has 0 aromatic heterocycles. The summed E-state index contributed by atoms with van der Waals surface area (Å²) in [6.45, 7) is 13.2. The van der Waals surface area contributed by atoms with Crippen molar-refractivity contribution in [2.24, 2.45) is 0 Å². The van der Waals surface area contributed by atoms with Gasteiger partial charge >= 0.3 is 0 Å². The number of rotatable bonds is 4. The van der Waals surface area contributed by atoms with E-state index in [2.05, 4.69) is 111 Å². The summed E-state index contributed by atoms with van der Waals surface area (Å²) >= 11 is 28.1. The molecular formula is C44H44BrCl4N2-. The van der Waals surface area contributed by atoms with Gasteiger partial charge in [0.15, 0.2) is 0 Å². The first-order valence-electron chi connectivity index (χ1n) is 16.5. The van der Waals surface area contributed by atoms with Crippen LogP contribution in [0.3, 0.4) is 0 Å². The Morgan fingerprint density at radius 1 is 0.510 bits per heavy atom. The van der Waals surface area contributed by atoms with Crippen molar-refractivity contribution in [1.82, 2.24) is 0 Å². The second-order valence-electron chi connectivity index (χ2n) is 14.1. The molecule has 0 aliphatic rings. The molecule has 0 bridgehead atoms. The lowest BCUT2D eigenvalue weighted by atomic mass is 9.87. The smallest absolute Gasteiger partial charge is 0.0827 e. The van der Waals surface area contributed by atoms with E-state index >= 15 is 0 Å². The first-order valence-corrected chi connectivity index (χ1v) is 18.8. The zero-order chi connectivity index (χ0) is 37.3. The average molecular weight is 824 g/mol. The van der Waals surface area contributed by atoms with Crippen molar-refractivity contribution in [3.8, 4) is 22.3 Å². The van der Waals surface area contributed by atoms with E-state index in [0.29, 0.717) is 20.1 Å². The summed E-state index contributed by atoms with van der Waals surface area (Å²) in [7, 11) is 0. The Hall–Kier alpha value is -3.44. The van der Waals surface area contributed by atoms with E-state index < -0.39 is 0 Å². The topological polar surface area (TPSA) is 38.0 Å². The first kappa shape index (κ1) is 40.3. The maximum Gasteiger partial charge on any atom is 0.0827 e. The predicted molar refractivity (Wildman–Crippen MR) is 231 cm³/mol. The van der Waals surface area contributed by atoms with Crippen LogP contribution in [0.4, 0.5) is 17.1 Å². The molecule has 0 heterocycles. The molecule has 0 aliphatic heterocycles. The Labute approximate surface area is 333 Å². The van der Waals surface area contributed by atoms with Gasteiger partial charge in [-0.2, -0.15) is 0 Å².